The van der Waals surface area contributed by atoms with E-state index in [1.807, 2.05) is 0 Å². The summed E-state index contributed by atoms with van der Waals surface area (Å²) >= 11 is 0. The van der Waals surface area contributed by atoms with E-state index >= 15 is 0 Å². The Morgan fingerprint density at radius 3 is 2.32 bits per heavy atom. The predicted molar refractivity (Wildman–Crippen MR) is 106 cm³/mol. The van der Waals surface area contributed by atoms with Crippen LogP contribution in [0.5, 0.6) is 0 Å². The molecule has 3 rings (SSSR count). The van der Waals surface area contributed by atoms with Crippen molar-refractivity contribution in [2.24, 2.45) is 0 Å². The second-order valence-corrected chi connectivity index (χ2v) is 8.94. The number of rotatable bonds is 6. The number of morpholine rings is 1. The standard InChI is InChI=1S/C21H21F2NO6S/c1-13-3-4-16(12-19(13)31(27,28)24-7-9-29-10-8-24)21(26)30-14(2)20(25)15-5-6-17(22)18(23)11-15/h3-6,11-12,14H,7-10H2,1-2H3. The lowest BCUT2D eigenvalue weighted by Crippen LogP contribution is -2.40. The molecule has 2 aromatic rings. The summed E-state index contributed by atoms with van der Waals surface area (Å²) in [6, 6.07) is 6.69. The van der Waals surface area contributed by atoms with E-state index in [0.29, 0.717) is 5.56 Å². The molecule has 1 atom stereocenters. The fourth-order valence-corrected chi connectivity index (χ4v) is 4.76. The van der Waals surface area contributed by atoms with Crippen LogP contribution >= 0.6 is 0 Å². The topological polar surface area (TPSA) is 90.0 Å². The first kappa shape index (κ1) is 23.0. The molecule has 166 valence electrons. The minimum absolute atomic E-state index is 0.0385. The molecule has 1 saturated heterocycles. The van der Waals surface area contributed by atoms with Gasteiger partial charge in [0, 0.05) is 18.7 Å². The highest BCUT2D eigenvalue weighted by molar-refractivity contribution is 7.89. The maximum absolute atomic E-state index is 13.4. The molecule has 0 saturated carbocycles. The summed E-state index contributed by atoms with van der Waals surface area (Å²) in [5.74, 6) is -3.93. The molecule has 7 nitrogen and oxygen atoms in total. The normalized spacial score (nSPS) is 16.0. The highest BCUT2D eigenvalue weighted by Gasteiger charge is 2.29. The lowest BCUT2D eigenvalue weighted by molar-refractivity contribution is 0.0318. The summed E-state index contributed by atoms with van der Waals surface area (Å²) in [5.41, 5.74) is 0.245. The zero-order valence-electron chi connectivity index (χ0n) is 16.9. The van der Waals surface area contributed by atoms with Crippen LogP contribution in [0.4, 0.5) is 8.78 Å². The molecule has 1 fully saturated rings. The first-order valence-electron chi connectivity index (χ1n) is 9.50. The average Bonchev–Trinajstić information content (AvgIpc) is 2.75. The van der Waals surface area contributed by atoms with Gasteiger partial charge >= 0.3 is 5.97 Å². The Kier molecular flexibility index (Phi) is 6.83. The largest absolute Gasteiger partial charge is 0.451 e. The van der Waals surface area contributed by atoms with Crippen molar-refractivity contribution in [1.82, 2.24) is 4.31 Å². The Labute approximate surface area is 178 Å². The van der Waals surface area contributed by atoms with Gasteiger partial charge in [-0.2, -0.15) is 4.31 Å². The van der Waals surface area contributed by atoms with E-state index in [1.54, 1.807) is 6.92 Å². The van der Waals surface area contributed by atoms with Crippen molar-refractivity contribution >= 4 is 21.8 Å². The van der Waals surface area contributed by atoms with E-state index in [4.69, 9.17) is 9.47 Å². The lowest BCUT2D eigenvalue weighted by Gasteiger charge is -2.26. The van der Waals surface area contributed by atoms with Crippen molar-refractivity contribution in [3.05, 3.63) is 64.7 Å². The number of hydrogen-bond donors (Lipinski definition) is 0. The average molecular weight is 453 g/mol. The predicted octanol–water partition coefficient (Wildman–Crippen LogP) is 2.72. The Hall–Kier alpha value is -2.69. The number of esters is 1. The number of nitrogens with zero attached hydrogens (tertiary/aromatic N) is 1. The molecular formula is C21H21F2NO6S. The van der Waals surface area contributed by atoms with Crippen molar-refractivity contribution < 1.29 is 36.3 Å². The number of ether oxygens (including phenoxy) is 2. The van der Waals surface area contributed by atoms with Crippen LogP contribution in [-0.2, 0) is 19.5 Å². The minimum atomic E-state index is -3.84. The van der Waals surface area contributed by atoms with Crippen LogP contribution in [0.1, 0.15) is 33.2 Å². The van der Waals surface area contributed by atoms with Crippen molar-refractivity contribution in [3.63, 3.8) is 0 Å². The van der Waals surface area contributed by atoms with E-state index < -0.39 is 39.5 Å². The third-order valence-electron chi connectivity index (χ3n) is 4.87. The summed E-state index contributed by atoms with van der Waals surface area (Å²) in [6.45, 7) is 3.87. The Morgan fingerprint density at radius 2 is 1.68 bits per heavy atom. The number of sulfonamides is 1. The maximum Gasteiger partial charge on any atom is 0.338 e. The van der Waals surface area contributed by atoms with Crippen molar-refractivity contribution in [1.29, 1.82) is 0 Å². The van der Waals surface area contributed by atoms with Gasteiger partial charge in [-0.1, -0.05) is 6.07 Å². The van der Waals surface area contributed by atoms with Crippen LogP contribution in [0.15, 0.2) is 41.3 Å². The smallest absolute Gasteiger partial charge is 0.338 e. The molecule has 1 heterocycles. The molecule has 1 unspecified atom stereocenters. The van der Waals surface area contributed by atoms with Crippen molar-refractivity contribution in [2.75, 3.05) is 26.3 Å². The summed E-state index contributed by atoms with van der Waals surface area (Å²) < 4.78 is 64.0. The number of ketones is 1. The molecule has 2 aromatic carbocycles. The van der Waals surface area contributed by atoms with Crippen LogP contribution in [-0.4, -0.2) is 56.9 Å². The van der Waals surface area contributed by atoms with Gasteiger partial charge in [0.15, 0.2) is 17.7 Å². The third kappa shape index (κ3) is 4.97. The molecule has 10 heteroatoms. The monoisotopic (exact) mass is 453 g/mol. The molecule has 0 amide bonds. The van der Waals surface area contributed by atoms with Gasteiger partial charge in [0.2, 0.25) is 15.8 Å². The maximum atomic E-state index is 13.4. The molecule has 0 bridgehead atoms. The SMILES string of the molecule is Cc1ccc(C(=O)OC(C)C(=O)c2ccc(F)c(F)c2)cc1S(=O)(=O)N1CCOCC1. The number of Topliss-reactive ketones (excluding diaryl/α,β-unsaturated/α-hetero) is 1. The summed E-state index contributed by atoms with van der Waals surface area (Å²) in [7, 11) is -3.84. The van der Waals surface area contributed by atoms with Gasteiger partial charge < -0.3 is 9.47 Å². The van der Waals surface area contributed by atoms with Gasteiger partial charge in [-0.3, -0.25) is 4.79 Å². The molecular weight excluding hydrogens is 432 g/mol. The second-order valence-electron chi connectivity index (χ2n) is 7.04. The van der Waals surface area contributed by atoms with Crippen molar-refractivity contribution in [3.8, 4) is 0 Å². The Bertz CT molecular complexity index is 1110. The first-order chi connectivity index (χ1) is 14.6. The molecule has 0 N–H and O–H groups in total. The van der Waals surface area contributed by atoms with Gasteiger partial charge in [0.1, 0.15) is 0 Å². The quantitative estimate of drug-likeness (QED) is 0.494. The molecule has 1 aliphatic heterocycles. The van der Waals surface area contributed by atoms with E-state index in [0.717, 1.165) is 18.2 Å². The van der Waals surface area contributed by atoms with E-state index in [2.05, 4.69) is 0 Å². The molecule has 0 radical (unpaired) electrons. The highest BCUT2D eigenvalue weighted by Crippen LogP contribution is 2.23. The Balaban J connectivity index is 1.79. The molecule has 31 heavy (non-hydrogen) atoms. The van der Waals surface area contributed by atoms with Crippen LogP contribution < -0.4 is 0 Å². The van der Waals surface area contributed by atoms with Crippen molar-refractivity contribution in [2.45, 2.75) is 24.8 Å². The van der Waals surface area contributed by atoms with Gasteiger partial charge in [-0.05, 0) is 49.7 Å². The van der Waals surface area contributed by atoms with Gasteiger partial charge in [0.05, 0.1) is 23.7 Å². The van der Waals surface area contributed by atoms with Crippen LogP contribution in [0.2, 0.25) is 0 Å². The highest BCUT2D eigenvalue weighted by atomic mass is 32.2. The fraction of sp³-hybridized carbons (Fsp3) is 0.333. The summed E-state index contributed by atoms with van der Waals surface area (Å²) in [6.07, 6.45) is -1.29. The summed E-state index contributed by atoms with van der Waals surface area (Å²) in [4.78, 5) is 24.9. The zero-order valence-corrected chi connectivity index (χ0v) is 17.7. The lowest BCUT2D eigenvalue weighted by atomic mass is 10.1. The number of hydrogen-bond acceptors (Lipinski definition) is 6. The number of halogens is 2. The van der Waals surface area contributed by atoms with Gasteiger partial charge in [-0.25, -0.2) is 22.0 Å². The van der Waals surface area contributed by atoms with Crippen LogP contribution in [0.25, 0.3) is 0 Å². The minimum Gasteiger partial charge on any atom is -0.451 e. The second kappa shape index (κ2) is 9.21. The van der Waals surface area contributed by atoms with Gasteiger partial charge in [-0.15, -0.1) is 0 Å². The molecule has 1 aliphatic rings. The summed E-state index contributed by atoms with van der Waals surface area (Å²) in [5, 5.41) is 0. The third-order valence-corrected chi connectivity index (χ3v) is 6.91. The zero-order chi connectivity index (χ0) is 22.8. The number of benzene rings is 2. The van der Waals surface area contributed by atoms with E-state index in [9.17, 15) is 26.8 Å². The van der Waals surface area contributed by atoms with Crippen LogP contribution in [0.3, 0.4) is 0 Å². The van der Waals surface area contributed by atoms with Gasteiger partial charge in [0.25, 0.3) is 0 Å². The number of carbonyl (C=O) groups is 2. The molecule has 0 spiro atoms. The molecule has 0 aromatic heterocycles. The number of aryl methyl sites for hydroxylation is 1. The fourth-order valence-electron chi connectivity index (χ4n) is 3.10. The number of carbonyl (C=O) groups excluding carboxylic acids is 2. The van der Waals surface area contributed by atoms with E-state index in [-0.39, 0.29) is 42.3 Å². The first-order valence-corrected chi connectivity index (χ1v) is 10.9. The van der Waals surface area contributed by atoms with Crippen LogP contribution in [0, 0.1) is 18.6 Å². The Morgan fingerprint density at radius 1 is 1.03 bits per heavy atom. The molecule has 0 aliphatic carbocycles. The van der Waals surface area contributed by atoms with E-state index in [1.165, 1.54) is 29.4 Å².